The summed E-state index contributed by atoms with van der Waals surface area (Å²) in [6.45, 7) is 6.73. The minimum atomic E-state index is 0. The van der Waals surface area contributed by atoms with Crippen molar-refractivity contribution >= 4 is 29.9 Å². The van der Waals surface area contributed by atoms with E-state index in [0.29, 0.717) is 32.3 Å². The van der Waals surface area contributed by atoms with E-state index in [-0.39, 0.29) is 24.0 Å². The largest absolute Gasteiger partial charge is 0.490 e. The molecule has 0 saturated carbocycles. The normalized spacial score (nSPS) is 13.5. The van der Waals surface area contributed by atoms with Gasteiger partial charge in [0.25, 0.3) is 0 Å². The molecule has 0 spiro atoms. The zero-order valence-electron chi connectivity index (χ0n) is 16.7. The molecule has 0 radical (unpaired) electrons. The van der Waals surface area contributed by atoms with E-state index in [0.717, 1.165) is 53.3 Å². The second-order valence-electron chi connectivity index (χ2n) is 6.31. The third-order valence-corrected chi connectivity index (χ3v) is 4.56. The fourth-order valence-electron chi connectivity index (χ4n) is 3.10. The summed E-state index contributed by atoms with van der Waals surface area (Å²) in [4.78, 5) is 4.32. The highest BCUT2D eigenvalue weighted by atomic mass is 127. The summed E-state index contributed by atoms with van der Waals surface area (Å²) in [6, 6.07) is 5.97. The van der Waals surface area contributed by atoms with Crippen molar-refractivity contribution in [3.05, 3.63) is 40.8 Å². The van der Waals surface area contributed by atoms with Crippen LogP contribution in [0.1, 0.15) is 42.8 Å². The molecular weight excluding hydrogens is 471 g/mol. The smallest absolute Gasteiger partial charge is 0.191 e. The Kier molecular flexibility index (Phi) is 8.88. The maximum atomic E-state index is 5.88. The van der Waals surface area contributed by atoms with E-state index in [1.54, 1.807) is 7.05 Å². The first-order valence-corrected chi connectivity index (χ1v) is 9.55. The number of rotatable bonds is 6. The van der Waals surface area contributed by atoms with Crippen molar-refractivity contribution < 1.29 is 14.0 Å². The molecule has 28 heavy (non-hydrogen) atoms. The van der Waals surface area contributed by atoms with Gasteiger partial charge in [-0.1, -0.05) is 31.1 Å². The molecule has 154 valence electrons. The molecule has 0 saturated heterocycles. The molecule has 0 bridgehead atoms. The number of fused-ring (bicyclic) bond motifs is 1. The predicted octanol–water partition coefficient (Wildman–Crippen LogP) is 3.44. The van der Waals surface area contributed by atoms with Gasteiger partial charge in [0, 0.05) is 44.1 Å². The molecular formula is C20H29IN4O3. The Labute approximate surface area is 183 Å². The van der Waals surface area contributed by atoms with Crippen LogP contribution in [0.4, 0.5) is 0 Å². The van der Waals surface area contributed by atoms with E-state index in [1.165, 1.54) is 0 Å². The summed E-state index contributed by atoms with van der Waals surface area (Å²) in [6.07, 6.45) is 2.56. The van der Waals surface area contributed by atoms with Gasteiger partial charge in [-0.25, -0.2) is 0 Å². The van der Waals surface area contributed by atoms with Crippen LogP contribution in [0.15, 0.2) is 27.7 Å². The van der Waals surface area contributed by atoms with Crippen molar-refractivity contribution in [3.8, 4) is 11.5 Å². The van der Waals surface area contributed by atoms with E-state index >= 15 is 0 Å². The van der Waals surface area contributed by atoms with Crippen LogP contribution in [0.2, 0.25) is 0 Å². The molecule has 1 aromatic carbocycles. The number of aromatic nitrogens is 1. The maximum absolute atomic E-state index is 5.88. The fraction of sp³-hybridized carbons (Fsp3) is 0.500. The van der Waals surface area contributed by atoms with Gasteiger partial charge >= 0.3 is 0 Å². The minimum Gasteiger partial charge on any atom is -0.490 e. The van der Waals surface area contributed by atoms with Gasteiger partial charge in [-0.15, -0.1) is 24.0 Å². The molecule has 7 nitrogen and oxygen atoms in total. The number of guanidine groups is 1. The van der Waals surface area contributed by atoms with E-state index in [1.807, 2.05) is 18.2 Å². The van der Waals surface area contributed by atoms with Crippen molar-refractivity contribution in [1.82, 2.24) is 15.8 Å². The van der Waals surface area contributed by atoms with Crippen LogP contribution in [0.25, 0.3) is 0 Å². The maximum Gasteiger partial charge on any atom is 0.191 e. The molecule has 0 amide bonds. The van der Waals surface area contributed by atoms with Crippen LogP contribution in [0.3, 0.4) is 0 Å². The summed E-state index contributed by atoms with van der Waals surface area (Å²) in [7, 11) is 1.76. The summed E-state index contributed by atoms with van der Waals surface area (Å²) < 4.78 is 17.1. The first kappa shape index (κ1) is 22.3. The van der Waals surface area contributed by atoms with Crippen molar-refractivity contribution in [2.24, 2.45) is 4.99 Å². The molecule has 3 rings (SSSR count). The first-order valence-electron chi connectivity index (χ1n) is 9.55. The molecule has 0 atom stereocenters. The quantitative estimate of drug-likeness (QED) is 0.360. The summed E-state index contributed by atoms with van der Waals surface area (Å²) in [5.41, 5.74) is 3.16. The topological polar surface area (TPSA) is 80.9 Å². The molecule has 0 unspecified atom stereocenters. The SMILES string of the molecule is CCc1noc(CC)c1CNC(=NC)NCc1cccc2c1OCCCO2.I. The number of benzene rings is 1. The number of para-hydroxylation sites is 1. The molecule has 2 heterocycles. The number of halogens is 1. The van der Waals surface area contributed by atoms with Gasteiger partial charge < -0.3 is 24.6 Å². The lowest BCUT2D eigenvalue weighted by Crippen LogP contribution is -2.36. The lowest BCUT2D eigenvalue weighted by molar-refractivity contribution is 0.296. The third-order valence-electron chi connectivity index (χ3n) is 4.56. The van der Waals surface area contributed by atoms with Crippen molar-refractivity contribution in [1.29, 1.82) is 0 Å². The van der Waals surface area contributed by atoms with Crippen LogP contribution in [0, 0.1) is 0 Å². The van der Waals surface area contributed by atoms with Crippen LogP contribution in [-0.4, -0.2) is 31.4 Å². The first-order chi connectivity index (χ1) is 13.3. The average Bonchev–Trinajstić information content (AvgIpc) is 2.94. The van der Waals surface area contributed by atoms with Gasteiger partial charge in [0.2, 0.25) is 0 Å². The van der Waals surface area contributed by atoms with Gasteiger partial charge in [0.05, 0.1) is 18.9 Å². The third kappa shape index (κ3) is 5.30. The van der Waals surface area contributed by atoms with Gasteiger partial charge in [-0.2, -0.15) is 0 Å². The van der Waals surface area contributed by atoms with Gasteiger partial charge in [-0.3, -0.25) is 4.99 Å². The highest BCUT2D eigenvalue weighted by Gasteiger charge is 2.16. The van der Waals surface area contributed by atoms with Crippen molar-refractivity contribution in [2.75, 3.05) is 20.3 Å². The van der Waals surface area contributed by atoms with Crippen LogP contribution >= 0.6 is 24.0 Å². The zero-order valence-corrected chi connectivity index (χ0v) is 19.0. The zero-order chi connectivity index (χ0) is 19.1. The second-order valence-corrected chi connectivity index (χ2v) is 6.31. The molecule has 0 aliphatic carbocycles. The Hall–Kier alpha value is -1.97. The van der Waals surface area contributed by atoms with Crippen LogP contribution < -0.4 is 20.1 Å². The highest BCUT2D eigenvalue weighted by molar-refractivity contribution is 14.0. The van der Waals surface area contributed by atoms with Crippen molar-refractivity contribution in [3.63, 3.8) is 0 Å². The summed E-state index contributed by atoms with van der Waals surface area (Å²) >= 11 is 0. The Bertz CT molecular complexity index is 770. The number of hydrogen-bond acceptors (Lipinski definition) is 5. The number of nitrogens with zero attached hydrogens (tertiary/aromatic N) is 2. The lowest BCUT2D eigenvalue weighted by atomic mass is 10.1. The summed E-state index contributed by atoms with van der Waals surface area (Å²) in [5, 5.41) is 10.9. The molecule has 8 heteroatoms. The molecule has 1 aliphatic rings. The molecule has 1 aromatic heterocycles. The number of aryl methyl sites for hydroxylation is 2. The molecule has 0 fully saturated rings. The van der Waals surface area contributed by atoms with Gasteiger partial charge in [0.15, 0.2) is 17.5 Å². The second kappa shape index (κ2) is 11.1. The van der Waals surface area contributed by atoms with Crippen LogP contribution in [0.5, 0.6) is 11.5 Å². The number of hydrogen-bond donors (Lipinski definition) is 2. The van der Waals surface area contributed by atoms with E-state index in [4.69, 9.17) is 14.0 Å². The molecule has 2 N–H and O–H groups in total. The summed E-state index contributed by atoms with van der Waals surface area (Å²) in [5.74, 6) is 3.26. The standard InChI is InChI=1S/C20H28N4O3.HI/c1-4-16-15(17(5-2)27-24-16)13-23-20(21-3)22-12-14-8-6-9-18-19(14)26-11-7-10-25-18;/h6,8-9H,4-5,7,10-13H2,1-3H3,(H2,21,22,23);1H. The number of ether oxygens (including phenoxy) is 2. The lowest BCUT2D eigenvalue weighted by Gasteiger charge is -2.15. The number of nitrogens with one attached hydrogen (secondary N) is 2. The van der Waals surface area contributed by atoms with E-state index in [9.17, 15) is 0 Å². The van der Waals surface area contributed by atoms with Crippen molar-refractivity contribution in [2.45, 2.75) is 46.2 Å². The Morgan fingerprint density at radius 3 is 2.64 bits per heavy atom. The fourth-order valence-corrected chi connectivity index (χ4v) is 3.10. The highest BCUT2D eigenvalue weighted by Crippen LogP contribution is 2.33. The predicted molar refractivity (Wildman–Crippen MR) is 120 cm³/mol. The Morgan fingerprint density at radius 2 is 1.89 bits per heavy atom. The Balaban J connectivity index is 0.00000280. The van der Waals surface area contributed by atoms with E-state index < -0.39 is 0 Å². The average molecular weight is 500 g/mol. The minimum absolute atomic E-state index is 0. The van der Waals surface area contributed by atoms with Gasteiger partial charge in [0.1, 0.15) is 5.76 Å². The van der Waals surface area contributed by atoms with E-state index in [2.05, 4.69) is 34.6 Å². The Morgan fingerprint density at radius 1 is 1.11 bits per heavy atom. The number of aliphatic imine (C=N–C) groups is 1. The molecule has 2 aromatic rings. The molecule has 1 aliphatic heterocycles. The monoisotopic (exact) mass is 500 g/mol. The van der Waals surface area contributed by atoms with Crippen LogP contribution in [-0.2, 0) is 25.9 Å². The van der Waals surface area contributed by atoms with Gasteiger partial charge in [-0.05, 0) is 12.5 Å².